The maximum atomic E-state index is 13.8. The molecular weight excluding hydrogens is 478 g/mol. The van der Waals surface area contributed by atoms with E-state index < -0.39 is 5.56 Å². The highest BCUT2D eigenvalue weighted by Gasteiger charge is 2.20. The average Bonchev–Trinajstić information content (AvgIpc) is 3.15. The molecule has 0 unspecified atom stereocenters. The second-order valence-corrected chi connectivity index (χ2v) is 9.43. The van der Waals surface area contributed by atoms with E-state index in [2.05, 4.69) is 13.8 Å². The van der Waals surface area contributed by atoms with Crippen LogP contribution >= 0.6 is 11.6 Å². The average molecular weight is 508 g/mol. The van der Waals surface area contributed by atoms with Gasteiger partial charge in [0.2, 0.25) is 0 Å². The Labute approximate surface area is 214 Å². The first-order valence-electron chi connectivity index (χ1n) is 12.1. The van der Waals surface area contributed by atoms with E-state index in [-0.39, 0.29) is 36.2 Å². The van der Waals surface area contributed by atoms with Crippen LogP contribution in [0.3, 0.4) is 0 Å². The molecule has 2 heterocycles. The first-order chi connectivity index (χ1) is 17.3. The van der Waals surface area contributed by atoms with Gasteiger partial charge in [0.25, 0.3) is 11.1 Å². The molecule has 0 saturated heterocycles. The van der Waals surface area contributed by atoms with E-state index in [1.807, 2.05) is 43.3 Å². The van der Waals surface area contributed by atoms with Crippen molar-refractivity contribution in [2.75, 3.05) is 6.61 Å². The summed E-state index contributed by atoms with van der Waals surface area (Å²) in [7, 11) is 0. The van der Waals surface area contributed by atoms with Crippen molar-refractivity contribution in [1.29, 1.82) is 0 Å². The van der Waals surface area contributed by atoms with Crippen LogP contribution in [0.4, 0.5) is 0 Å². The van der Waals surface area contributed by atoms with Gasteiger partial charge in [-0.1, -0.05) is 62.7 Å². The van der Waals surface area contributed by atoms with Crippen molar-refractivity contribution in [2.45, 2.75) is 52.6 Å². The minimum absolute atomic E-state index is 0.115. The SMILES string of the molecule is CCc1cc2nc(Oc3ccccc3C(C)C)n(Cc3ccc(Cl)cc3)c2c(=O)n(CCCO)c1=O. The van der Waals surface area contributed by atoms with Crippen molar-refractivity contribution in [3.63, 3.8) is 0 Å². The fraction of sp³-hybridized carbons (Fsp3) is 0.321. The second kappa shape index (κ2) is 11.1. The molecular formula is C28H30ClN3O4. The van der Waals surface area contributed by atoms with Crippen LogP contribution in [0, 0.1) is 0 Å². The molecule has 8 heteroatoms. The third kappa shape index (κ3) is 5.22. The second-order valence-electron chi connectivity index (χ2n) is 9.00. The van der Waals surface area contributed by atoms with Crippen LogP contribution in [0.25, 0.3) is 11.0 Å². The molecule has 0 aliphatic carbocycles. The minimum atomic E-state index is -0.461. The summed E-state index contributed by atoms with van der Waals surface area (Å²) in [4.78, 5) is 31.6. The number of hydrogen-bond acceptors (Lipinski definition) is 5. The molecule has 0 saturated carbocycles. The molecule has 188 valence electrons. The van der Waals surface area contributed by atoms with Crippen molar-refractivity contribution < 1.29 is 9.84 Å². The van der Waals surface area contributed by atoms with E-state index in [1.54, 1.807) is 22.8 Å². The van der Waals surface area contributed by atoms with Crippen molar-refractivity contribution in [3.05, 3.63) is 97.0 Å². The summed E-state index contributed by atoms with van der Waals surface area (Å²) in [5, 5.41) is 9.97. The molecule has 36 heavy (non-hydrogen) atoms. The van der Waals surface area contributed by atoms with Crippen LogP contribution in [0.1, 0.15) is 49.8 Å². The van der Waals surface area contributed by atoms with Gasteiger partial charge in [-0.2, -0.15) is 4.98 Å². The number of benzene rings is 2. The van der Waals surface area contributed by atoms with Crippen LogP contribution < -0.4 is 15.9 Å². The number of imidazole rings is 1. The van der Waals surface area contributed by atoms with Crippen molar-refractivity contribution in [1.82, 2.24) is 14.1 Å². The summed E-state index contributed by atoms with van der Waals surface area (Å²) in [6.45, 7) is 6.32. The van der Waals surface area contributed by atoms with E-state index in [1.165, 1.54) is 4.57 Å². The highest BCUT2D eigenvalue weighted by molar-refractivity contribution is 6.30. The molecule has 0 fully saturated rings. The predicted molar refractivity (Wildman–Crippen MR) is 143 cm³/mol. The number of ether oxygens (including phenoxy) is 1. The van der Waals surface area contributed by atoms with Crippen molar-refractivity contribution in [3.8, 4) is 11.8 Å². The number of nitrogens with zero attached hydrogens (tertiary/aromatic N) is 3. The summed E-state index contributed by atoms with van der Waals surface area (Å²) in [6, 6.07) is 17.0. The molecule has 2 aromatic heterocycles. The Morgan fingerprint density at radius 2 is 1.75 bits per heavy atom. The lowest BCUT2D eigenvalue weighted by Crippen LogP contribution is -2.33. The number of aliphatic hydroxyl groups is 1. The standard InChI is InChI=1S/C28H30ClN3O4/c1-4-20-16-23-25(27(35)31(26(20)34)14-7-15-33)32(17-19-10-12-21(29)13-11-19)28(30-23)36-24-9-6-5-8-22(24)18(2)3/h5-6,8-13,16,18,33H,4,7,14-15,17H2,1-3H3. The van der Waals surface area contributed by atoms with Gasteiger partial charge in [-0.15, -0.1) is 0 Å². The summed E-state index contributed by atoms with van der Waals surface area (Å²) in [6.07, 6.45) is 0.734. The Morgan fingerprint density at radius 3 is 2.42 bits per heavy atom. The third-order valence-corrected chi connectivity index (χ3v) is 6.41. The largest absolute Gasteiger partial charge is 0.425 e. The topological polar surface area (TPSA) is 86.3 Å². The van der Waals surface area contributed by atoms with Gasteiger partial charge >= 0.3 is 6.01 Å². The molecule has 1 N–H and O–H groups in total. The maximum absolute atomic E-state index is 13.8. The summed E-state index contributed by atoms with van der Waals surface area (Å²) < 4.78 is 9.27. The zero-order valence-electron chi connectivity index (χ0n) is 20.7. The third-order valence-electron chi connectivity index (χ3n) is 6.16. The number of aryl methyl sites for hydroxylation is 1. The summed E-state index contributed by atoms with van der Waals surface area (Å²) in [5.41, 5.74) is 2.23. The van der Waals surface area contributed by atoms with Gasteiger partial charge in [-0.05, 0) is 54.2 Å². The molecule has 4 rings (SSSR count). The van der Waals surface area contributed by atoms with Crippen LogP contribution in [0.2, 0.25) is 5.02 Å². The maximum Gasteiger partial charge on any atom is 0.303 e. The molecule has 4 aromatic rings. The number of aromatic nitrogens is 3. The number of aliphatic hydroxyl groups excluding tert-OH is 1. The van der Waals surface area contributed by atoms with E-state index in [0.29, 0.717) is 41.2 Å². The molecule has 2 aromatic carbocycles. The Morgan fingerprint density at radius 1 is 1.03 bits per heavy atom. The quantitative estimate of drug-likeness (QED) is 0.340. The van der Waals surface area contributed by atoms with Gasteiger partial charge in [0.1, 0.15) is 11.3 Å². The van der Waals surface area contributed by atoms with Gasteiger partial charge in [0.05, 0.1) is 12.1 Å². The van der Waals surface area contributed by atoms with Crippen molar-refractivity contribution in [2.24, 2.45) is 0 Å². The predicted octanol–water partition coefficient (Wildman–Crippen LogP) is 5.12. The number of fused-ring (bicyclic) bond motifs is 1. The van der Waals surface area contributed by atoms with Crippen LogP contribution in [-0.2, 0) is 19.5 Å². The first-order valence-corrected chi connectivity index (χ1v) is 12.5. The van der Waals surface area contributed by atoms with E-state index in [4.69, 9.17) is 21.3 Å². The molecule has 0 spiro atoms. The van der Waals surface area contributed by atoms with Gasteiger partial charge in [-0.25, -0.2) is 0 Å². The number of rotatable bonds is 9. The highest BCUT2D eigenvalue weighted by Crippen LogP contribution is 2.31. The van der Waals surface area contributed by atoms with E-state index >= 15 is 0 Å². The Balaban J connectivity index is 2.00. The Bertz CT molecular complexity index is 1490. The molecule has 0 aliphatic rings. The lowest BCUT2D eigenvalue weighted by atomic mass is 10.0. The zero-order chi connectivity index (χ0) is 25.8. The minimum Gasteiger partial charge on any atom is -0.425 e. The van der Waals surface area contributed by atoms with E-state index in [0.717, 1.165) is 11.1 Å². The Kier molecular flexibility index (Phi) is 7.91. The number of para-hydroxylation sites is 1. The first kappa shape index (κ1) is 25.7. The van der Waals surface area contributed by atoms with E-state index in [9.17, 15) is 14.7 Å². The highest BCUT2D eigenvalue weighted by atomic mass is 35.5. The fourth-order valence-corrected chi connectivity index (χ4v) is 4.35. The normalized spacial score (nSPS) is 11.4. The van der Waals surface area contributed by atoms with Crippen LogP contribution in [-0.4, -0.2) is 25.8 Å². The van der Waals surface area contributed by atoms with Gasteiger partial charge < -0.3 is 9.84 Å². The zero-order valence-corrected chi connectivity index (χ0v) is 21.5. The number of halogens is 1. The van der Waals surface area contributed by atoms with Gasteiger partial charge in [0, 0.05) is 23.7 Å². The summed E-state index contributed by atoms with van der Waals surface area (Å²) >= 11 is 6.08. The number of hydrogen-bond donors (Lipinski definition) is 1. The van der Waals surface area contributed by atoms with Crippen LogP contribution in [0.5, 0.6) is 11.8 Å². The molecule has 0 amide bonds. The van der Waals surface area contributed by atoms with Crippen molar-refractivity contribution >= 4 is 22.6 Å². The van der Waals surface area contributed by atoms with Gasteiger partial charge in [0.15, 0.2) is 0 Å². The lowest BCUT2D eigenvalue weighted by Gasteiger charge is -2.14. The molecule has 0 radical (unpaired) electrons. The molecule has 0 bridgehead atoms. The molecule has 0 aliphatic heterocycles. The summed E-state index contributed by atoms with van der Waals surface area (Å²) in [5.74, 6) is 0.879. The fourth-order valence-electron chi connectivity index (χ4n) is 4.23. The Hall–Kier alpha value is -3.42. The smallest absolute Gasteiger partial charge is 0.303 e. The monoisotopic (exact) mass is 507 g/mol. The molecule has 0 atom stereocenters. The molecule has 7 nitrogen and oxygen atoms in total. The lowest BCUT2D eigenvalue weighted by molar-refractivity contribution is 0.278. The van der Waals surface area contributed by atoms with Crippen LogP contribution in [0.15, 0.2) is 64.2 Å². The van der Waals surface area contributed by atoms with Gasteiger partial charge in [-0.3, -0.25) is 18.7 Å².